The predicted molar refractivity (Wildman–Crippen MR) is 138 cm³/mol. The second-order valence-electron chi connectivity index (χ2n) is 9.57. The van der Waals surface area contributed by atoms with Gasteiger partial charge in [-0.1, -0.05) is 30.7 Å². The lowest BCUT2D eigenvalue weighted by atomic mass is 9.93. The van der Waals surface area contributed by atoms with Crippen molar-refractivity contribution in [1.29, 1.82) is 0 Å². The van der Waals surface area contributed by atoms with Crippen molar-refractivity contribution in [3.63, 3.8) is 0 Å². The summed E-state index contributed by atoms with van der Waals surface area (Å²) in [4.78, 5) is 17.9. The van der Waals surface area contributed by atoms with Crippen molar-refractivity contribution in [3.05, 3.63) is 63.7 Å². The summed E-state index contributed by atoms with van der Waals surface area (Å²) in [7, 11) is 0. The molecule has 5 rings (SSSR count). The number of rotatable bonds is 8. The Morgan fingerprint density at radius 2 is 1.86 bits per heavy atom. The van der Waals surface area contributed by atoms with E-state index in [4.69, 9.17) is 21.1 Å². The average Bonchev–Trinajstić information content (AvgIpc) is 3.43. The maximum atomic E-state index is 12.9. The summed E-state index contributed by atoms with van der Waals surface area (Å²) >= 11 is 6.01. The van der Waals surface area contributed by atoms with Crippen LogP contribution in [0.25, 0.3) is 11.3 Å². The Morgan fingerprint density at radius 3 is 2.60 bits per heavy atom. The monoisotopic (exact) mass is 495 g/mol. The molecule has 3 aromatic rings. The number of aryl methyl sites for hydroxylation is 2. The molecule has 186 valence electrons. The first-order valence-electron chi connectivity index (χ1n) is 12.7. The number of nitrogens with zero attached hydrogens (tertiary/aromatic N) is 4. The molecule has 2 aromatic heterocycles. The highest BCUT2D eigenvalue weighted by Crippen LogP contribution is 2.38. The number of hydrogen-bond acceptors (Lipinski definition) is 5. The number of halogens is 1. The SMILES string of the molecule is CCN1CCN(CCCNC(=O)c2oc3c(c2C)-c2nn(Cc4ccc(Cl)cc4)cc2CC3)CC1. The van der Waals surface area contributed by atoms with Crippen LogP contribution >= 0.6 is 11.6 Å². The van der Waals surface area contributed by atoms with E-state index in [0.717, 1.165) is 91.7 Å². The summed E-state index contributed by atoms with van der Waals surface area (Å²) in [6, 6.07) is 7.84. The minimum Gasteiger partial charge on any atom is -0.455 e. The second kappa shape index (κ2) is 10.6. The van der Waals surface area contributed by atoms with E-state index >= 15 is 0 Å². The fourth-order valence-electron chi connectivity index (χ4n) is 5.15. The first-order chi connectivity index (χ1) is 17.0. The molecule has 3 heterocycles. The normalized spacial score (nSPS) is 16.2. The molecule has 35 heavy (non-hydrogen) atoms. The van der Waals surface area contributed by atoms with Crippen molar-refractivity contribution >= 4 is 17.5 Å². The van der Waals surface area contributed by atoms with Crippen LogP contribution in [-0.2, 0) is 19.4 Å². The van der Waals surface area contributed by atoms with Crippen molar-refractivity contribution in [1.82, 2.24) is 24.9 Å². The molecule has 1 aliphatic carbocycles. The minimum absolute atomic E-state index is 0.130. The lowest BCUT2D eigenvalue weighted by molar-refractivity contribution is 0.0918. The third-order valence-electron chi connectivity index (χ3n) is 7.23. The van der Waals surface area contributed by atoms with Gasteiger partial charge in [0.1, 0.15) is 5.76 Å². The smallest absolute Gasteiger partial charge is 0.287 e. The van der Waals surface area contributed by atoms with E-state index in [9.17, 15) is 4.79 Å². The molecule has 8 heteroatoms. The number of carbonyl (C=O) groups is 1. The third kappa shape index (κ3) is 5.32. The van der Waals surface area contributed by atoms with Crippen molar-refractivity contribution < 1.29 is 9.21 Å². The van der Waals surface area contributed by atoms with Crippen LogP contribution in [0.3, 0.4) is 0 Å². The Kier molecular flexibility index (Phi) is 7.27. The van der Waals surface area contributed by atoms with Gasteiger partial charge in [-0.15, -0.1) is 0 Å². The zero-order valence-electron chi connectivity index (χ0n) is 20.6. The molecule has 0 unspecified atom stereocenters. The number of aromatic nitrogens is 2. The Morgan fingerprint density at radius 1 is 1.11 bits per heavy atom. The summed E-state index contributed by atoms with van der Waals surface area (Å²) in [5, 5.41) is 8.66. The fourth-order valence-corrected chi connectivity index (χ4v) is 5.28. The van der Waals surface area contributed by atoms with Crippen LogP contribution < -0.4 is 5.32 Å². The van der Waals surface area contributed by atoms with Gasteiger partial charge in [-0.25, -0.2) is 0 Å². The van der Waals surface area contributed by atoms with Crippen molar-refractivity contribution in [2.75, 3.05) is 45.8 Å². The molecule has 7 nitrogen and oxygen atoms in total. The summed E-state index contributed by atoms with van der Waals surface area (Å²) < 4.78 is 8.04. The van der Waals surface area contributed by atoms with Crippen molar-refractivity contribution in [2.24, 2.45) is 0 Å². The molecule has 0 saturated carbocycles. The average molecular weight is 496 g/mol. The molecular formula is C27H34ClN5O2. The lowest BCUT2D eigenvalue weighted by Gasteiger charge is -2.33. The molecule has 0 spiro atoms. The number of benzene rings is 1. The van der Waals surface area contributed by atoms with Gasteiger partial charge in [-0.05, 0) is 56.1 Å². The van der Waals surface area contributed by atoms with E-state index in [1.54, 1.807) is 0 Å². The van der Waals surface area contributed by atoms with Gasteiger partial charge in [0, 0.05) is 61.5 Å². The van der Waals surface area contributed by atoms with E-state index in [2.05, 4.69) is 28.2 Å². The molecule has 0 bridgehead atoms. The number of hydrogen-bond donors (Lipinski definition) is 1. The highest BCUT2D eigenvalue weighted by atomic mass is 35.5. The summed E-state index contributed by atoms with van der Waals surface area (Å²) in [6.07, 6.45) is 4.70. The fraction of sp³-hybridized carbons (Fsp3) is 0.481. The van der Waals surface area contributed by atoms with Gasteiger partial charge in [0.25, 0.3) is 5.91 Å². The number of likely N-dealkylation sites (N-methyl/N-ethyl adjacent to an activating group) is 1. The summed E-state index contributed by atoms with van der Waals surface area (Å²) in [5.74, 6) is 1.16. The molecular weight excluding hydrogens is 462 g/mol. The van der Waals surface area contributed by atoms with Crippen LogP contribution in [0, 0.1) is 6.92 Å². The number of piperazine rings is 1. The van der Waals surface area contributed by atoms with Crippen molar-refractivity contribution in [3.8, 4) is 11.3 Å². The van der Waals surface area contributed by atoms with E-state index in [-0.39, 0.29) is 5.91 Å². The van der Waals surface area contributed by atoms with Crippen LogP contribution in [0.5, 0.6) is 0 Å². The van der Waals surface area contributed by atoms with E-state index in [0.29, 0.717) is 18.8 Å². The largest absolute Gasteiger partial charge is 0.455 e. The van der Waals surface area contributed by atoms with Crippen LogP contribution in [0.2, 0.25) is 5.02 Å². The quantitative estimate of drug-likeness (QED) is 0.478. The summed E-state index contributed by atoms with van der Waals surface area (Å²) in [6.45, 7) is 12.1. The Hall–Kier alpha value is -2.61. The third-order valence-corrected chi connectivity index (χ3v) is 7.48. The highest BCUT2D eigenvalue weighted by molar-refractivity contribution is 6.30. The Labute approximate surface area is 212 Å². The summed E-state index contributed by atoms with van der Waals surface area (Å²) in [5.41, 5.74) is 5.15. The predicted octanol–water partition coefficient (Wildman–Crippen LogP) is 4.01. The Bertz CT molecular complexity index is 1180. The van der Waals surface area contributed by atoms with Crippen molar-refractivity contribution in [2.45, 2.75) is 39.7 Å². The number of nitrogens with one attached hydrogen (secondary N) is 1. The number of furan rings is 1. The van der Waals surface area contributed by atoms with Gasteiger partial charge in [-0.2, -0.15) is 5.10 Å². The van der Waals surface area contributed by atoms with Gasteiger partial charge in [0.15, 0.2) is 5.76 Å². The van der Waals surface area contributed by atoms with Crippen LogP contribution in [0.4, 0.5) is 0 Å². The van der Waals surface area contributed by atoms with Gasteiger partial charge in [-0.3, -0.25) is 9.48 Å². The molecule has 1 fully saturated rings. The molecule has 0 radical (unpaired) electrons. The standard InChI is InChI=1S/C27H34ClN5O2/c1-3-31-13-15-32(16-14-31)12-4-11-29-27(34)26-19(2)24-23(35-26)10-7-21-18-33(30-25(21)24)17-20-5-8-22(28)9-6-20/h5-6,8-9,18H,3-4,7,10-17H2,1-2H3,(H,29,34). The number of amides is 1. The zero-order chi connectivity index (χ0) is 24.4. The van der Waals surface area contributed by atoms with Gasteiger partial charge >= 0.3 is 0 Å². The number of fused-ring (bicyclic) bond motifs is 3. The zero-order valence-corrected chi connectivity index (χ0v) is 21.4. The topological polar surface area (TPSA) is 66.5 Å². The van der Waals surface area contributed by atoms with Crippen LogP contribution in [0.1, 0.15) is 46.3 Å². The van der Waals surface area contributed by atoms with E-state index < -0.39 is 0 Å². The highest BCUT2D eigenvalue weighted by Gasteiger charge is 2.29. The maximum absolute atomic E-state index is 12.9. The molecule has 1 aliphatic heterocycles. The molecule has 2 aliphatic rings. The van der Waals surface area contributed by atoms with Crippen LogP contribution in [0.15, 0.2) is 34.9 Å². The van der Waals surface area contributed by atoms with E-state index in [1.165, 1.54) is 5.56 Å². The Balaban J connectivity index is 1.21. The van der Waals surface area contributed by atoms with Gasteiger partial charge in [0.2, 0.25) is 0 Å². The molecule has 1 aromatic carbocycles. The molecule has 1 saturated heterocycles. The first kappa shape index (κ1) is 24.1. The second-order valence-corrected chi connectivity index (χ2v) is 10.0. The van der Waals surface area contributed by atoms with Crippen LogP contribution in [-0.4, -0.2) is 71.3 Å². The molecule has 1 amide bonds. The molecule has 1 N–H and O–H groups in total. The van der Waals surface area contributed by atoms with Gasteiger partial charge in [0.05, 0.1) is 12.2 Å². The minimum atomic E-state index is -0.130. The van der Waals surface area contributed by atoms with E-state index in [1.807, 2.05) is 35.9 Å². The molecule has 0 atom stereocenters. The lowest BCUT2D eigenvalue weighted by Crippen LogP contribution is -2.46. The number of carbonyl (C=O) groups excluding carboxylic acids is 1. The first-order valence-corrected chi connectivity index (χ1v) is 13.1. The van der Waals surface area contributed by atoms with Gasteiger partial charge < -0.3 is 19.5 Å². The maximum Gasteiger partial charge on any atom is 0.287 e.